The van der Waals surface area contributed by atoms with E-state index in [2.05, 4.69) is 15.4 Å². The van der Waals surface area contributed by atoms with Gasteiger partial charge in [-0.3, -0.25) is 4.79 Å². The Morgan fingerprint density at radius 3 is 2.92 bits per heavy atom. The zero-order chi connectivity index (χ0) is 18.1. The van der Waals surface area contributed by atoms with Gasteiger partial charge in [0, 0.05) is 12.3 Å². The molecule has 0 spiro atoms. The highest BCUT2D eigenvalue weighted by atomic mass is 35.5. The quantitative estimate of drug-likeness (QED) is 0.727. The Kier molecular flexibility index (Phi) is 4.40. The van der Waals surface area contributed by atoms with Crippen LogP contribution in [0.15, 0.2) is 42.6 Å². The van der Waals surface area contributed by atoms with E-state index in [0.717, 1.165) is 0 Å². The number of para-hydroxylation sites is 2. The van der Waals surface area contributed by atoms with E-state index in [0.29, 0.717) is 35.5 Å². The maximum Gasteiger partial charge on any atom is 0.276 e. The molecule has 0 unspecified atom stereocenters. The summed E-state index contributed by atoms with van der Waals surface area (Å²) in [6.45, 7) is 1.19. The first-order chi connectivity index (χ1) is 12.6. The predicted octanol–water partition coefficient (Wildman–Crippen LogP) is 4.02. The number of amides is 1. The van der Waals surface area contributed by atoms with Crippen molar-refractivity contribution in [3.63, 3.8) is 0 Å². The Balaban J connectivity index is 1.56. The smallest absolute Gasteiger partial charge is 0.276 e. The number of carbonyl (C=O) groups is 1. The molecule has 0 saturated carbocycles. The van der Waals surface area contributed by atoms with Crippen molar-refractivity contribution >= 4 is 34.8 Å². The minimum absolute atomic E-state index is 0.187. The van der Waals surface area contributed by atoms with Crippen LogP contribution < -0.4 is 14.8 Å². The lowest BCUT2D eigenvalue weighted by Gasteiger charge is -2.11. The molecule has 1 amide bonds. The molecule has 0 atom stereocenters. The van der Waals surface area contributed by atoms with Crippen molar-refractivity contribution in [2.75, 3.05) is 11.9 Å². The number of hydrogen-bond acceptors (Lipinski definition) is 5. The first kappa shape index (κ1) is 16.7. The van der Waals surface area contributed by atoms with Crippen molar-refractivity contribution in [3.05, 3.63) is 58.3 Å². The minimum atomic E-state index is -0.373. The lowest BCUT2D eigenvalue weighted by atomic mass is 10.2. The van der Waals surface area contributed by atoms with E-state index in [9.17, 15) is 4.79 Å². The van der Waals surface area contributed by atoms with Gasteiger partial charge in [-0.2, -0.15) is 5.10 Å². The van der Waals surface area contributed by atoms with E-state index < -0.39 is 0 Å². The summed E-state index contributed by atoms with van der Waals surface area (Å²) in [5.41, 5.74) is 0.719. The van der Waals surface area contributed by atoms with Gasteiger partial charge >= 0.3 is 0 Å². The van der Waals surface area contributed by atoms with Crippen LogP contribution in [0.1, 0.15) is 10.5 Å². The van der Waals surface area contributed by atoms with Gasteiger partial charge in [0.15, 0.2) is 11.4 Å². The summed E-state index contributed by atoms with van der Waals surface area (Å²) >= 11 is 11.9. The van der Waals surface area contributed by atoms with Crippen LogP contribution in [0.3, 0.4) is 0 Å². The molecule has 1 aliphatic heterocycles. The molecule has 0 fully saturated rings. The second-order valence-corrected chi connectivity index (χ2v) is 6.28. The lowest BCUT2D eigenvalue weighted by molar-refractivity contribution is 0.102. The van der Waals surface area contributed by atoms with Gasteiger partial charge in [-0.15, -0.1) is 0 Å². The van der Waals surface area contributed by atoms with Gasteiger partial charge in [-0.25, -0.2) is 9.67 Å². The van der Waals surface area contributed by atoms with Crippen molar-refractivity contribution in [1.29, 1.82) is 0 Å². The van der Waals surface area contributed by atoms with E-state index in [-0.39, 0.29) is 22.5 Å². The maximum atomic E-state index is 12.5. The summed E-state index contributed by atoms with van der Waals surface area (Å²) in [7, 11) is 0. The molecular weight excluding hydrogens is 379 g/mol. The van der Waals surface area contributed by atoms with Gasteiger partial charge in [0.2, 0.25) is 11.8 Å². The molecule has 3 aromatic rings. The third-order valence-corrected chi connectivity index (χ3v) is 4.12. The molecule has 0 saturated heterocycles. The summed E-state index contributed by atoms with van der Waals surface area (Å²) in [6.07, 6.45) is 1.43. The summed E-state index contributed by atoms with van der Waals surface area (Å²) < 4.78 is 12.7. The highest BCUT2D eigenvalue weighted by Gasteiger charge is 2.20. The average Bonchev–Trinajstić information content (AvgIpc) is 3.21. The van der Waals surface area contributed by atoms with Gasteiger partial charge in [0.05, 0.1) is 17.3 Å². The number of nitrogens with zero attached hydrogens (tertiary/aromatic N) is 3. The standard InChI is InChI=1S/C17H12Cl2N4O3/c18-10-7-11(19)17(20-9-10)26-14-4-2-1-3-12(14)21-16(24)13-8-15-23(22-13)5-6-25-15/h1-4,7-9H,5-6H2,(H,21,24). The van der Waals surface area contributed by atoms with Crippen molar-refractivity contribution in [2.45, 2.75) is 6.54 Å². The van der Waals surface area contributed by atoms with E-state index >= 15 is 0 Å². The molecule has 1 aliphatic rings. The molecule has 1 N–H and O–H groups in total. The zero-order valence-corrected chi connectivity index (χ0v) is 14.8. The second kappa shape index (κ2) is 6.86. The average molecular weight is 391 g/mol. The van der Waals surface area contributed by atoms with Gasteiger partial charge in [0.25, 0.3) is 5.91 Å². The Hall–Kier alpha value is -2.77. The Bertz CT molecular complexity index is 968. The van der Waals surface area contributed by atoms with E-state index in [4.69, 9.17) is 32.7 Å². The second-order valence-electron chi connectivity index (χ2n) is 5.43. The number of carbonyl (C=O) groups excluding carboxylic acids is 1. The fourth-order valence-corrected chi connectivity index (χ4v) is 2.87. The minimum Gasteiger partial charge on any atom is -0.476 e. The van der Waals surface area contributed by atoms with Crippen LogP contribution >= 0.6 is 23.2 Å². The van der Waals surface area contributed by atoms with Gasteiger partial charge in [-0.1, -0.05) is 35.3 Å². The third-order valence-electron chi connectivity index (χ3n) is 3.64. The molecule has 0 aliphatic carbocycles. The molecular formula is C17H12Cl2N4O3. The van der Waals surface area contributed by atoms with Crippen molar-refractivity contribution in [3.8, 4) is 17.5 Å². The number of benzene rings is 1. The van der Waals surface area contributed by atoms with Crippen molar-refractivity contribution < 1.29 is 14.3 Å². The highest BCUT2D eigenvalue weighted by molar-refractivity contribution is 6.35. The number of fused-ring (bicyclic) bond motifs is 1. The molecule has 0 bridgehead atoms. The number of rotatable bonds is 4. The van der Waals surface area contributed by atoms with Crippen LogP contribution in [0.2, 0.25) is 10.0 Å². The predicted molar refractivity (Wildman–Crippen MR) is 96.4 cm³/mol. The molecule has 132 valence electrons. The van der Waals surface area contributed by atoms with Gasteiger partial charge in [-0.05, 0) is 18.2 Å². The first-order valence-corrected chi connectivity index (χ1v) is 8.46. The number of hydrogen-bond donors (Lipinski definition) is 1. The van der Waals surface area contributed by atoms with E-state index in [1.54, 1.807) is 35.0 Å². The maximum absolute atomic E-state index is 12.5. The van der Waals surface area contributed by atoms with Crippen molar-refractivity contribution in [1.82, 2.24) is 14.8 Å². The summed E-state index contributed by atoms with van der Waals surface area (Å²) in [4.78, 5) is 16.5. The van der Waals surface area contributed by atoms with Crippen LogP contribution in [0.4, 0.5) is 5.69 Å². The molecule has 1 aromatic carbocycles. The molecule has 4 rings (SSSR count). The Morgan fingerprint density at radius 2 is 2.12 bits per heavy atom. The molecule has 2 aromatic heterocycles. The lowest BCUT2D eigenvalue weighted by Crippen LogP contribution is -2.14. The van der Waals surface area contributed by atoms with Crippen LogP contribution in [0, 0.1) is 0 Å². The topological polar surface area (TPSA) is 78.3 Å². The molecule has 3 heterocycles. The van der Waals surface area contributed by atoms with Crippen LogP contribution in [0.25, 0.3) is 0 Å². The van der Waals surface area contributed by atoms with Crippen LogP contribution in [0.5, 0.6) is 17.5 Å². The van der Waals surface area contributed by atoms with Gasteiger partial charge < -0.3 is 14.8 Å². The molecule has 9 heteroatoms. The number of ether oxygens (including phenoxy) is 2. The van der Waals surface area contributed by atoms with Crippen LogP contribution in [-0.2, 0) is 6.54 Å². The molecule has 7 nitrogen and oxygen atoms in total. The number of halogens is 2. The molecule has 26 heavy (non-hydrogen) atoms. The number of aromatic nitrogens is 3. The number of anilines is 1. The summed E-state index contributed by atoms with van der Waals surface area (Å²) in [5.74, 6) is 0.784. The number of pyridine rings is 1. The fourth-order valence-electron chi connectivity index (χ4n) is 2.45. The Morgan fingerprint density at radius 1 is 1.27 bits per heavy atom. The third kappa shape index (κ3) is 3.31. The largest absolute Gasteiger partial charge is 0.476 e. The zero-order valence-electron chi connectivity index (χ0n) is 13.3. The van der Waals surface area contributed by atoms with E-state index in [1.165, 1.54) is 12.3 Å². The first-order valence-electron chi connectivity index (χ1n) is 7.70. The summed E-state index contributed by atoms with van der Waals surface area (Å²) in [6, 6.07) is 10.1. The highest BCUT2D eigenvalue weighted by Crippen LogP contribution is 2.33. The SMILES string of the molecule is O=C(Nc1ccccc1Oc1ncc(Cl)cc1Cl)c1cc2n(n1)CCO2. The normalized spacial score (nSPS) is 12.4. The summed E-state index contributed by atoms with van der Waals surface area (Å²) in [5, 5.41) is 7.66. The Labute approximate surface area is 158 Å². The monoisotopic (exact) mass is 390 g/mol. The molecule has 0 radical (unpaired) electrons. The fraction of sp³-hybridized carbons (Fsp3) is 0.118. The van der Waals surface area contributed by atoms with Crippen LogP contribution in [-0.4, -0.2) is 27.3 Å². The number of nitrogens with one attached hydrogen (secondary N) is 1. The van der Waals surface area contributed by atoms with Crippen molar-refractivity contribution in [2.24, 2.45) is 0 Å². The van der Waals surface area contributed by atoms with Gasteiger partial charge in [0.1, 0.15) is 11.6 Å². The van der Waals surface area contributed by atoms with E-state index in [1.807, 2.05) is 0 Å².